The summed E-state index contributed by atoms with van der Waals surface area (Å²) in [5.41, 5.74) is 3.34. The number of carbonyl (C=O) groups excluding carboxylic acids is 2. The molecule has 2 N–H and O–H groups in total. The first kappa shape index (κ1) is 19.4. The number of carbonyl (C=O) groups is 2. The number of amides is 2. The Labute approximate surface area is 175 Å². The summed E-state index contributed by atoms with van der Waals surface area (Å²) in [6.45, 7) is 2.07. The van der Waals surface area contributed by atoms with Crippen LogP contribution in [0, 0.1) is 23.7 Å². The molecule has 5 heteroatoms. The van der Waals surface area contributed by atoms with Crippen molar-refractivity contribution in [3.63, 3.8) is 0 Å². The smallest absolute Gasteiger partial charge is 0.255 e. The molecular formula is C25H21N3O2. The fourth-order valence-electron chi connectivity index (χ4n) is 3.08. The molecule has 3 aromatic rings. The molecule has 0 radical (unpaired) electrons. The molecule has 148 valence electrons. The topological polar surface area (TPSA) is 71.1 Å². The van der Waals surface area contributed by atoms with E-state index in [0.29, 0.717) is 28.6 Å². The van der Waals surface area contributed by atoms with Crippen LogP contribution in [0.1, 0.15) is 35.0 Å². The lowest BCUT2D eigenvalue weighted by Crippen LogP contribution is -2.15. The Bertz CT molecular complexity index is 1130. The van der Waals surface area contributed by atoms with Gasteiger partial charge in [-0.3, -0.25) is 9.59 Å². The van der Waals surface area contributed by atoms with Crippen LogP contribution < -0.4 is 10.6 Å². The Kier molecular flexibility index (Phi) is 5.58. The number of aromatic nitrogens is 1. The van der Waals surface area contributed by atoms with Gasteiger partial charge in [-0.25, -0.2) is 4.98 Å². The molecule has 0 aliphatic heterocycles. The van der Waals surface area contributed by atoms with Gasteiger partial charge in [-0.15, -0.1) is 0 Å². The summed E-state index contributed by atoms with van der Waals surface area (Å²) >= 11 is 0. The summed E-state index contributed by atoms with van der Waals surface area (Å²) in [4.78, 5) is 28.7. The zero-order valence-electron chi connectivity index (χ0n) is 16.6. The number of nitrogens with one attached hydrogen (secondary N) is 2. The van der Waals surface area contributed by atoms with Crippen LogP contribution in [-0.4, -0.2) is 16.8 Å². The largest absolute Gasteiger partial charge is 0.326 e. The average molecular weight is 395 g/mol. The summed E-state index contributed by atoms with van der Waals surface area (Å²) in [5, 5.41) is 5.78. The zero-order valence-corrected chi connectivity index (χ0v) is 16.6. The standard InChI is InChI=1S/C25H21N3O2/c1-17-15-23(17)25(30)27-21-12-9-19(10-13-21)24(29)28-22-7-4-5-18(16-22)8-11-20-6-2-3-14-26-20/h2-7,9-10,12-14,16-17,23H,15H2,1H3,(H,27,30)(H,28,29). The second kappa shape index (κ2) is 8.62. The molecule has 30 heavy (non-hydrogen) atoms. The molecular weight excluding hydrogens is 374 g/mol. The van der Waals surface area contributed by atoms with Gasteiger partial charge in [0, 0.05) is 34.6 Å². The van der Waals surface area contributed by atoms with Gasteiger partial charge in [-0.1, -0.05) is 25.0 Å². The van der Waals surface area contributed by atoms with Crippen molar-refractivity contribution < 1.29 is 9.59 Å². The van der Waals surface area contributed by atoms with E-state index in [9.17, 15) is 9.59 Å². The minimum Gasteiger partial charge on any atom is -0.326 e. The highest BCUT2D eigenvalue weighted by molar-refractivity contribution is 6.04. The molecule has 1 heterocycles. The maximum atomic E-state index is 12.6. The molecule has 2 aromatic carbocycles. The Morgan fingerprint density at radius 2 is 1.73 bits per heavy atom. The molecule has 2 atom stereocenters. The number of benzene rings is 2. The van der Waals surface area contributed by atoms with Crippen molar-refractivity contribution in [3.05, 3.63) is 89.7 Å². The van der Waals surface area contributed by atoms with Crippen molar-refractivity contribution in [2.45, 2.75) is 13.3 Å². The van der Waals surface area contributed by atoms with Gasteiger partial charge in [0.25, 0.3) is 5.91 Å². The van der Waals surface area contributed by atoms with E-state index in [-0.39, 0.29) is 17.7 Å². The lowest BCUT2D eigenvalue weighted by molar-refractivity contribution is -0.117. The highest BCUT2D eigenvalue weighted by atomic mass is 16.2. The van der Waals surface area contributed by atoms with E-state index in [1.807, 2.05) is 42.5 Å². The molecule has 1 aromatic heterocycles. The van der Waals surface area contributed by atoms with Gasteiger partial charge in [0.15, 0.2) is 0 Å². The van der Waals surface area contributed by atoms with Crippen LogP contribution in [0.3, 0.4) is 0 Å². The highest BCUT2D eigenvalue weighted by Gasteiger charge is 2.39. The predicted octanol–water partition coefficient (Wildman–Crippen LogP) is 4.33. The average Bonchev–Trinajstić information content (AvgIpc) is 3.50. The number of pyridine rings is 1. The maximum absolute atomic E-state index is 12.6. The molecule has 2 amide bonds. The van der Waals surface area contributed by atoms with Crippen molar-refractivity contribution in [1.29, 1.82) is 0 Å². The van der Waals surface area contributed by atoms with Crippen molar-refractivity contribution in [2.75, 3.05) is 10.6 Å². The van der Waals surface area contributed by atoms with Crippen molar-refractivity contribution in [2.24, 2.45) is 11.8 Å². The van der Waals surface area contributed by atoms with E-state index in [1.165, 1.54) is 0 Å². The van der Waals surface area contributed by atoms with Crippen molar-refractivity contribution >= 4 is 23.2 Å². The van der Waals surface area contributed by atoms with Gasteiger partial charge in [0.05, 0.1) is 0 Å². The van der Waals surface area contributed by atoms with E-state index in [0.717, 1.165) is 12.0 Å². The Morgan fingerprint density at radius 1 is 0.933 bits per heavy atom. The monoisotopic (exact) mass is 395 g/mol. The van der Waals surface area contributed by atoms with Gasteiger partial charge in [0.2, 0.25) is 5.91 Å². The fraction of sp³-hybridized carbons (Fsp3) is 0.160. The number of nitrogens with zero attached hydrogens (tertiary/aromatic N) is 1. The summed E-state index contributed by atoms with van der Waals surface area (Å²) < 4.78 is 0. The van der Waals surface area contributed by atoms with Crippen LogP contribution >= 0.6 is 0 Å². The summed E-state index contributed by atoms with van der Waals surface area (Å²) in [6.07, 6.45) is 2.64. The zero-order chi connectivity index (χ0) is 20.9. The molecule has 0 saturated heterocycles. The first-order valence-electron chi connectivity index (χ1n) is 9.84. The second-order valence-corrected chi connectivity index (χ2v) is 7.39. The summed E-state index contributed by atoms with van der Waals surface area (Å²) in [7, 11) is 0. The van der Waals surface area contributed by atoms with Crippen LogP contribution in [0.4, 0.5) is 11.4 Å². The molecule has 1 saturated carbocycles. The van der Waals surface area contributed by atoms with E-state index in [4.69, 9.17) is 0 Å². The molecule has 1 aliphatic rings. The van der Waals surface area contributed by atoms with E-state index >= 15 is 0 Å². The third-order valence-electron chi connectivity index (χ3n) is 4.98. The third-order valence-corrected chi connectivity index (χ3v) is 4.98. The minimum atomic E-state index is -0.224. The van der Waals surface area contributed by atoms with Crippen molar-refractivity contribution in [1.82, 2.24) is 4.98 Å². The molecule has 2 unspecified atom stereocenters. The Hall–Kier alpha value is -3.91. The van der Waals surface area contributed by atoms with Gasteiger partial charge in [-0.2, -0.15) is 0 Å². The van der Waals surface area contributed by atoms with E-state index in [1.54, 1.807) is 30.5 Å². The van der Waals surface area contributed by atoms with Gasteiger partial charge < -0.3 is 10.6 Å². The van der Waals surface area contributed by atoms with E-state index in [2.05, 4.69) is 34.4 Å². The van der Waals surface area contributed by atoms with Crippen molar-refractivity contribution in [3.8, 4) is 11.8 Å². The lowest BCUT2D eigenvalue weighted by Gasteiger charge is -2.08. The number of hydrogen-bond donors (Lipinski definition) is 2. The molecule has 1 fully saturated rings. The normalized spacial score (nSPS) is 16.7. The van der Waals surface area contributed by atoms with Gasteiger partial charge >= 0.3 is 0 Å². The van der Waals surface area contributed by atoms with Crippen LogP contribution in [0.5, 0.6) is 0 Å². The van der Waals surface area contributed by atoms with Crippen LogP contribution in [0.2, 0.25) is 0 Å². The van der Waals surface area contributed by atoms with E-state index < -0.39 is 0 Å². The van der Waals surface area contributed by atoms with Crippen LogP contribution in [-0.2, 0) is 4.79 Å². The third kappa shape index (κ3) is 4.92. The lowest BCUT2D eigenvalue weighted by atomic mass is 10.1. The predicted molar refractivity (Wildman–Crippen MR) is 117 cm³/mol. The summed E-state index contributed by atoms with van der Waals surface area (Å²) in [6, 6.07) is 19.8. The van der Waals surface area contributed by atoms with Gasteiger partial charge in [0.1, 0.15) is 5.69 Å². The minimum absolute atomic E-state index is 0.0447. The molecule has 4 rings (SSSR count). The highest BCUT2D eigenvalue weighted by Crippen LogP contribution is 2.38. The first-order chi connectivity index (χ1) is 14.6. The number of hydrogen-bond acceptors (Lipinski definition) is 3. The summed E-state index contributed by atoms with van der Waals surface area (Å²) in [5.74, 6) is 6.45. The molecule has 0 spiro atoms. The SMILES string of the molecule is CC1CC1C(=O)Nc1ccc(C(=O)Nc2cccc(C#Cc3ccccn3)c2)cc1. The van der Waals surface area contributed by atoms with Crippen LogP contribution in [0.25, 0.3) is 0 Å². The van der Waals surface area contributed by atoms with Crippen LogP contribution in [0.15, 0.2) is 72.9 Å². The number of anilines is 2. The maximum Gasteiger partial charge on any atom is 0.255 e. The molecule has 5 nitrogen and oxygen atoms in total. The number of rotatable bonds is 4. The van der Waals surface area contributed by atoms with Gasteiger partial charge in [-0.05, 0) is 72.9 Å². The molecule has 0 bridgehead atoms. The Balaban J connectivity index is 1.39. The molecule has 1 aliphatic carbocycles. The fourth-order valence-corrected chi connectivity index (χ4v) is 3.08. The first-order valence-corrected chi connectivity index (χ1v) is 9.84. The quantitative estimate of drug-likeness (QED) is 0.646. The second-order valence-electron chi connectivity index (χ2n) is 7.39. The Morgan fingerprint density at radius 3 is 2.43 bits per heavy atom.